The summed E-state index contributed by atoms with van der Waals surface area (Å²) in [4.78, 5) is 30.3. The molecule has 2 aliphatic heterocycles. The van der Waals surface area contributed by atoms with Crippen LogP contribution in [0.4, 0.5) is 0 Å². The zero-order valence-corrected chi connectivity index (χ0v) is 20.5. The Labute approximate surface area is 204 Å². The summed E-state index contributed by atoms with van der Waals surface area (Å²) in [5, 5.41) is 3.71. The number of hydrogen-bond acceptors (Lipinski definition) is 6. The second-order valence-corrected chi connectivity index (χ2v) is 10.8. The van der Waals surface area contributed by atoms with Crippen LogP contribution >= 0.6 is 11.3 Å². The number of carbonyl (C=O) groups excluding carboxylic acids is 1. The van der Waals surface area contributed by atoms with E-state index >= 15 is 0 Å². The number of pyridine rings is 1. The lowest BCUT2D eigenvalue weighted by molar-refractivity contribution is 0.00729. The van der Waals surface area contributed by atoms with Crippen LogP contribution in [0, 0.1) is 0 Å². The van der Waals surface area contributed by atoms with Gasteiger partial charge in [0.25, 0.3) is 5.91 Å². The maximum absolute atomic E-state index is 12.9. The number of amides is 1. The van der Waals surface area contributed by atoms with Crippen LogP contribution in [0.3, 0.4) is 0 Å². The molecule has 2 saturated heterocycles. The molecule has 5 heterocycles. The molecule has 0 aromatic carbocycles. The molecule has 0 unspecified atom stereocenters. The molecule has 3 aromatic heterocycles. The Morgan fingerprint density at radius 2 is 1.85 bits per heavy atom. The second-order valence-electron chi connectivity index (χ2n) is 9.91. The predicted molar refractivity (Wildman–Crippen MR) is 134 cm³/mol. The number of likely N-dealkylation sites (tertiary alicyclic amines) is 1. The maximum Gasteiger partial charge on any atom is 0.282 e. The van der Waals surface area contributed by atoms with Gasteiger partial charge in [0.15, 0.2) is 5.01 Å². The van der Waals surface area contributed by atoms with E-state index in [1.807, 2.05) is 16.5 Å². The molecular weight excluding hydrogens is 446 g/mol. The fraction of sp³-hybridized carbons (Fsp3) is 0.577. The molecule has 3 aliphatic rings. The highest BCUT2D eigenvalue weighted by Gasteiger charge is 2.28. The van der Waals surface area contributed by atoms with Crippen molar-refractivity contribution >= 4 is 28.3 Å². The molecule has 180 valence electrons. The molecule has 3 aromatic rings. The topological polar surface area (TPSA) is 74.3 Å². The summed E-state index contributed by atoms with van der Waals surface area (Å²) in [7, 11) is 0. The van der Waals surface area contributed by atoms with Gasteiger partial charge < -0.3 is 14.6 Å². The molecule has 1 saturated carbocycles. The number of morpholine rings is 1. The van der Waals surface area contributed by atoms with E-state index in [-0.39, 0.29) is 5.91 Å². The van der Waals surface area contributed by atoms with Crippen molar-refractivity contribution in [2.45, 2.75) is 56.9 Å². The quantitative estimate of drug-likeness (QED) is 0.589. The molecule has 8 heteroatoms. The monoisotopic (exact) mass is 479 g/mol. The fourth-order valence-corrected chi connectivity index (χ4v) is 6.68. The smallest absolute Gasteiger partial charge is 0.282 e. The van der Waals surface area contributed by atoms with Crippen molar-refractivity contribution < 1.29 is 9.53 Å². The van der Waals surface area contributed by atoms with Crippen LogP contribution in [0.2, 0.25) is 0 Å². The zero-order valence-electron chi connectivity index (χ0n) is 19.7. The van der Waals surface area contributed by atoms with Gasteiger partial charge in [0.05, 0.1) is 18.9 Å². The first-order valence-electron chi connectivity index (χ1n) is 12.8. The minimum absolute atomic E-state index is 0.0756. The third kappa shape index (κ3) is 4.39. The number of aromatic amines is 1. The number of nitrogens with zero attached hydrogens (tertiary/aromatic N) is 4. The molecule has 34 heavy (non-hydrogen) atoms. The van der Waals surface area contributed by atoms with Crippen molar-refractivity contribution in [3.63, 3.8) is 0 Å². The van der Waals surface area contributed by atoms with Crippen LogP contribution in [0.1, 0.15) is 66.2 Å². The minimum Gasteiger partial charge on any atom is -0.379 e. The first-order valence-corrected chi connectivity index (χ1v) is 13.7. The van der Waals surface area contributed by atoms with Gasteiger partial charge in [0.2, 0.25) is 0 Å². The maximum atomic E-state index is 12.9. The third-order valence-corrected chi connectivity index (χ3v) is 8.72. The largest absolute Gasteiger partial charge is 0.379 e. The summed E-state index contributed by atoms with van der Waals surface area (Å²) < 4.78 is 5.53. The van der Waals surface area contributed by atoms with Gasteiger partial charge in [-0.15, -0.1) is 11.3 Å². The summed E-state index contributed by atoms with van der Waals surface area (Å²) in [5.41, 5.74) is 4.12. The Morgan fingerprint density at radius 3 is 2.65 bits per heavy atom. The molecule has 0 atom stereocenters. The highest BCUT2D eigenvalue weighted by atomic mass is 32.1. The number of ether oxygens (including phenoxy) is 1. The number of rotatable bonds is 4. The van der Waals surface area contributed by atoms with Crippen molar-refractivity contribution in [1.29, 1.82) is 0 Å². The van der Waals surface area contributed by atoms with Gasteiger partial charge in [-0.05, 0) is 62.5 Å². The Kier molecular flexibility index (Phi) is 6.37. The summed E-state index contributed by atoms with van der Waals surface area (Å²) >= 11 is 1.45. The van der Waals surface area contributed by atoms with Gasteiger partial charge in [0.1, 0.15) is 5.65 Å². The highest BCUT2D eigenvalue weighted by Crippen LogP contribution is 2.37. The second kappa shape index (κ2) is 9.76. The van der Waals surface area contributed by atoms with Gasteiger partial charge in [-0.3, -0.25) is 9.69 Å². The van der Waals surface area contributed by atoms with Crippen LogP contribution in [-0.2, 0) is 4.74 Å². The third-order valence-electron chi connectivity index (χ3n) is 7.89. The summed E-state index contributed by atoms with van der Waals surface area (Å²) in [6.45, 7) is 5.60. The van der Waals surface area contributed by atoms with Gasteiger partial charge in [-0.25, -0.2) is 9.97 Å². The molecule has 6 rings (SSSR count). The number of thiazole rings is 1. The Bertz CT molecular complexity index is 1140. The standard InChI is InChI=1S/C26H33N5O2S/c32-26(31-8-2-1-3-9-31)25-29-23(17-34-25)22-16-28-24-21(22)14-19(15-27-24)18-4-6-20(7-5-18)30-10-12-33-13-11-30/h14-18,20H,1-13H2,(H,27,28). The lowest BCUT2D eigenvalue weighted by Crippen LogP contribution is -2.44. The SMILES string of the molecule is O=C(c1nc(-c2c[nH]c3ncc(C4CCC(N5CCOCC5)CC4)cc23)cs1)N1CCCCC1. The number of aromatic nitrogens is 3. The molecule has 0 spiro atoms. The molecule has 7 nitrogen and oxygen atoms in total. The summed E-state index contributed by atoms with van der Waals surface area (Å²) in [6, 6.07) is 3.00. The summed E-state index contributed by atoms with van der Waals surface area (Å²) in [6.07, 6.45) is 12.3. The zero-order chi connectivity index (χ0) is 22.9. The van der Waals surface area contributed by atoms with E-state index in [9.17, 15) is 4.79 Å². The Morgan fingerprint density at radius 1 is 1.06 bits per heavy atom. The number of piperidine rings is 1. The van der Waals surface area contributed by atoms with Crippen LogP contribution in [0.25, 0.3) is 22.3 Å². The van der Waals surface area contributed by atoms with Crippen LogP contribution in [0.5, 0.6) is 0 Å². The van der Waals surface area contributed by atoms with Gasteiger partial charge in [0, 0.05) is 60.9 Å². The van der Waals surface area contributed by atoms with Crippen LogP contribution in [0.15, 0.2) is 23.8 Å². The van der Waals surface area contributed by atoms with E-state index in [0.29, 0.717) is 17.0 Å². The molecule has 3 fully saturated rings. The number of nitrogens with one attached hydrogen (secondary N) is 1. The van der Waals surface area contributed by atoms with Crippen LogP contribution < -0.4 is 0 Å². The average molecular weight is 480 g/mol. The number of H-pyrrole nitrogens is 1. The number of carbonyl (C=O) groups is 1. The molecule has 1 N–H and O–H groups in total. The van der Waals surface area contributed by atoms with Crippen molar-refractivity contribution in [2.24, 2.45) is 0 Å². The van der Waals surface area contributed by atoms with E-state index in [1.54, 1.807) is 0 Å². The minimum atomic E-state index is 0.0756. The molecule has 0 bridgehead atoms. The number of hydrogen-bond donors (Lipinski definition) is 1. The Hall–Kier alpha value is -2.29. The first kappa shape index (κ1) is 22.2. The Balaban J connectivity index is 1.18. The summed E-state index contributed by atoms with van der Waals surface area (Å²) in [5.74, 6) is 0.634. The van der Waals surface area contributed by atoms with Crippen molar-refractivity contribution in [2.75, 3.05) is 39.4 Å². The average Bonchev–Trinajstić information content (AvgIpc) is 3.56. The van der Waals surface area contributed by atoms with Gasteiger partial charge >= 0.3 is 0 Å². The lowest BCUT2D eigenvalue weighted by atomic mass is 9.81. The van der Waals surface area contributed by atoms with E-state index in [4.69, 9.17) is 14.7 Å². The van der Waals surface area contributed by atoms with Crippen molar-refractivity contribution in [3.8, 4) is 11.3 Å². The van der Waals surface area contributed by atoms with Gasteiger partial charge in [-0.1, -0.05) is 0 Å². The number of fused-ring (bicyclic) bond motifs is 1. The van der Waals surface area contributed by atoms with E-state index in [2.05, 4.69) is 22.1 Å². The van der Waals surface area contributed by atoms with E-state index < -0.39 is 0 Å². The van der Waals surface area contributed by atoms with Gasteiger partial charge in [-0.2, -0.15) is 0 Å². The normalized spacial score (nSPS) is 24.5. The fourth-order valence-electron chi connectivity index (χ4n) is 5.90. The lowest BCUT2D eigenvalue weighted by Gasteiger charge is -2.38. The first-order chi connectivity index (χ1) is 16.8. The highest BCUT2D eigenvalue weighted by molar-refractivity contribution is 7.12. The van der Waals surface area contributed by atoms with Crippen molar-refractivity contribution in [1.82, 2.24) is 24.8 Å². The van der Waals surface area contributed by atoms with Crippen LogP contribution in [-0.4, -0.2) is 76.1 Å². The molecular formula is C26H33N5O2S. The molecule has 1 aliphatic carbocycles. The molecule has 1 amide bonds. The van der Waals surface area contributed by atoms with E-state index in [1.165, 1.54) is 49.0 Å². The van der Waals surface area contributed by atoms with E-state index in [0.717, 1.165) is 74.5 Å². The molecule has 0 radical (unpaired) electrons. The predicted octanol–water partition coefficient (Wildman–Crippen LogP) is 4.67. The van der Waals surface area contributed by atoms with Crippen molar-refractivity contribution in [3.05, 3.63) is 34.4 Å².